The molecule has 1 aliphatic rings. The Morgan fingerprint density at radius 3 is 2.60 bits per heavy atom. The Kier molecular flexibility index (Phi) is 3.86. The average molecular weight is 244 g/mol. The molecule has 0 bridgehead atoms. The lowest BCUT2D eigenvalue weighted by Crippen LogP contribution is -1.96. The molecule has 15 heavy (non-hydrogen) atoms. The molecular formula is C11H14ClNOS. The number of nitriles is 1. The van der Waals surface area contributed by atoms with E-state index in [-0.39, 0.29) is 22.5 Å². The van der Waals surface area contributed by atoms with Gasteiger partial charge in [-0.3, -0.25) is 4.79 Å². The molecule has 0 N–H and O–H groups in total. The molecule has 0 heterocycles. The predicted octanol–water partition coefficient (Wildman–Crippen LogP) is 3.18. The van der Waals surface area contributed by atoms with Crippen LogP contribution in [0.15, 0.2) is 11.0 Å². The topological polar surface area (TPSA) is 40.9 Å². The predicted molar refractivity (Wildman–Crippen MR) is 63.4 cm³/mol. The number of hydrogen-bond acceptors (Lipinski definition) is 3. The summed E-state index contributed by atoms with van der Waals surface area (Å²) in [6.07, 6.45) is 1.89. The summed E-state index contributed by atoms with van der Waals surface area (Å²) in [6, 6.07) is 2.14. The molecule has 1 rings (SSSR count). The molecule has 82 valence electrons. The zero-order valence-electron chi connectivity index (χ0n) is 9.08. The Bertz CT molecular complexity index is 343. The maximum atomic E-state index is 11.1. The number of hydrogen-bond donors (Lipinski definition) is 0. The van der Waals surface area contributed by atoms with Crippen molar-refractivity contribution in [2.24, 2.45) is 17.3 Å². The number of thioether (sulfide) groups is 1. The quantitative estimate of drug-likeness (QED) is 0.563. The van der Waals surface area contributed by atoms with Gasteiger partial charge in [-0.15, -0.1) is 11.8 Å². The van der Waals surface area contributed by atoms with E-state index in [0.717, 1.165) is 5.75 Å². The van der Waals surface area contributed by atoms with Gasteiger partial charge in [-0.25, -0.2) is 0 Å². The molecule has 1 fully saturated rings. The van der Waals surface area contributed by atoms with Gasteiger partial charge in [-0.05, 0) is 28.7 Å². The monoisotopic (exact) mass is 243 g/mol. The van der Waals surface area contributed by atoms with Crippen LogP contribution >= 0.6 is 23.4 Å². The molecular weight excluding hydrogens is 230 g/mol. The summed E-state index contributed by atoms with van der Waals surface area (Å²) in [5, 5.41) is 8.58. The van der Waals surface area contributed by atoms with Crippen LogP contribution in [0.25, 0.3) is 0 Å². The lowest BCUT2D eigenvalue weighted by atomic mass is 10.1. The van der Waals surface area contributed by atoms with Gasteiger partial charge >= 0.3 is 0 Å². The van der Waals surface area contributed by atoms with Crippen molar-refractivity contribution in [1.29, 1.82) is 5.26 Å². The standard InChI is InChI=1S/C11H14ClNOS/c1-4-15-7(6-13)5-8-9(10(12)14)11(8,2)3/h5,8-9H,4H2,1-3H3/b7-5+/t8-,9?/m1/s1. The first-order valence-corrected chi connectivity index (χ1v) is 6.25. The number of rotatable bonds is 4. The minimum absolute atomic E-state index is 0.0881. The minimum Gasteiger partial charge on any atom is -0.281 e. The summed E-state index contributed by atoms with van der Waals surface area (Å²) in [5.41, 5.74) is -0.0881. The zero-order chi connectivity index (χ0) is 11.6. The van der Waals surface area contributed by atoms with Crippen LogP contribution in [0, 0.1) is 28.6 Å². The SMILES string of the molecule is CCS/C(C#N)=C/[C@@H]1C(C(=O)Cl)C1(C)C. The molecule has 0 radical (unpaired) electrons. The average Bonchev–Trinajstić information content (AvgIpc) is 2.67. The highest BCUT2D eigenvalue weighted by Gasteiger charge is 2.60. The van der Waals surface area contributed by atoms with Gasteiger partial charge in [0.05, 0.1) is 4.91 Å². The fourth-order valence-electron chi connectivity index (χ4n) is 1.86. The smallest absolute Gasteiger partial charge is 0.225 e. The van der Waals surface area contributed by atoms with Gasteiger partial charge in [0.15, 0.2) is 0 Å². The van der Waals surface area contributed by atoms with E-state index in [1.807, 2.05) is 26.8 Å². The molecule has 0 aromatic carbocycles. The van der Waals surface area contributed by atoms with Crippen molar-refractivity contribution < 1.29 is 4.79 Å². The molecule has 0 aliphatic heterocycles. The Labute approximate surface area is 99.7 Å². The molecule has 2 nitrogen and oxygen atoms in total. The second kappa shape index (κ2) is 4.59. The van der Waals surface area contributed by atoms with Crippen LogP contribution in [-0.2, 0) is 4.79 Å². The minimum atomic E-state index is -0.292. The van der Waals surface area contributed by atoms with Crippen LogP contribution in [0.2, 0.25) is 0 Å². The molecule has 0 saturated heterocycles. The molecule has 0 spiro atoms. The molecule has 0 amide bonds. The van der Waals surface area contributed by atoms with Crippen LogP contribution in [0.1, 0.15) is 20.8 Å². The van der Waals surface area contributed by atoms with Gasteiger partial charge in [0.1, 0.15) is 6.07 Å². The van der Waals surface area contributed by atoms with E-state index < -0.39 is 0 Å². The second-order valence-corrected chi connectivity index (χ2v) is 5.88. The Hall–Kier alpha value is -0.460. The van der Waals surface area contributed by atoms with Gasteiger partial charge < -0.3 is 0 Å². The summed E-state index contributed by atoms with van der Waals surface area (Å²) in [6.45, 7) is 6.01. The van der Waals surface area contributed by atoms with Crippen molar-refractivity contribution in [2.45, 2.75) is 20.8 Å². The van der Waals surface area contributed by atoms with E-state index >= 15 is 0 Å². The van der Waals surface area contributed by atoms with E-state index in [4.69, 9.17) is 16.9 Å². The van der Waals surface area contributed by atoms with Crippen molar-refractivity contribution in [3.8, 4) is 6.07 Å². The summed E-state index contributed by atoms with van der Waals surface area (Å²) in [7, 11) is 0. The molecule has 4 heteroatoms. The van der Waals surface area contributed by atoms with Crippen LogP contribution < -0.4 is 0 Å². The number of halogens is 1. The molecule has 1 saturated carbocycles. The third-order valence-corrected chi connectivity index (χ3v) is 3.96. The summed E-state index contributed by atoms with van der Waals surface area (Å²) < 4.78 is 0. The molecule has 1 unspecified atom stereocenters. The highest BCUT2D eigenvalue weighted by molar-refractivity contribution is 8.03. The van der Waals surface area contributed by atoms with Crippen LogP contribution in [-0.4, -0.2) is 11.0 Å². The summed E-state index contributed by atoms with van der Waals surface area (Å²) in [4.78, 5) is 11.8. The van der Waals surface area contributed by atoms with E-state index in [1.165, 1.54) is 11.8 Å². The fourth-order valence-corrected chi connectivity index (χ4v) is 2.89. The molecule has 2 atom stereocenters. The Morgan fingerprint density at radius 2 is 2.27 bits per heavy atom. The summed E-state index contributed by atoms with van der Waals surface area (Å²) in [5.74, 6) is 0.864. The van der Waals surface area contributed by atoms with Crippen LogP contribution in [0.4, 0.5) is 0 Å². The normalized spacial score (nSPS) is 28.3. The first-order valence-electron chi connectivity index (χ1n) is 4.89. The third kappa shape index (κ3) is 2.56. The van der Waals surface area contributed by atoms with Gasteiger partial charge in [0.2, 0.25) is 5.24 Å². The fraction of sp³-hybridized carbons (Fsp3) is 0.636. The van der Waals surface area contributed by atoms with Gasteiger partial charge in [0.25, 0.3) is 0 Å². The first-order chi connectivity index (χ1) is 6.95. The van der Waals surface area contributed by atoms with Crippen molar-refractivity contribution in [1.82, 2.24) is 0 Å². The maximum absolute atomic E-state index is 11.1. The van der Waals surface area contributed by atoms with Crippen molar-refractivity contribution in [3.05, 3.63) is 11.0 Å². The van der Waals surface area contributed by atoms with E-state index in [9.17, 15) is 4.79 Å². The van der Waals surface area contributed by atoms with Crippen molar-refractivity contribution in [2.75, 3.05) is 5.75 Å². The molecule has 1 aliphatic carbocycles. The third-order valence-electron chi connectivity index (χ3n) is 2.90. The Balaban J connectivity index is 2.76. The lowest BCUT2D eigenvalue weighted by molar-refractivity contribution is -0.113. The van der Waals surface area contributed by atoms with Gasteiger partial charge in [-0.2, -0.15) is 5.26 Å². The van der Waals surface area contributed by atoms with E-state index in [1.54, 1.807) is 0 Å². The van der Waals surface area contributed by atoms with Gasteiger partial charge in [0, 0.05) is 5.92 Å². The number of carbonyl (C=O) groups excluding carboxylic acids is 1. The second-order valence-electron chi connectivity index (χ2n) is 4.20. The largest absolute Gasteiger partial charge is 0.281 e. The van der Waals surface area contributed by atoms with Crippen LogP contribution in [0.5, 0.6) is 0 Å². The number of nitrogens with zero attached hydrogens (tertiary/aromatic N) is 1. The highest BCUT2D eigenvalue weighted by Crippen LogP contribution is 2.60. The highest BCUT2D eigenvalue weighted by atomic mass is 35.5. The van der Waals surface area contributed by atoms with Gasteiger partial charge in [-0.1, -0.05) is 26.8 Å². The molecule has 0 aromatic rings. The van der Waals surface area contributed by atoms with Crippen LogP contribution in [0.3, 0.4) is 0 Å². The maximum Gasteiger partial charge on any atom is 0.225 e. The Morgan fingerprint density at radius 1 is 1.67 bits per heavy atom. The van der Waals surface area contributed by atoms with Crippen molar-refractivity contribution >= 4 is 28.6 Å². The van der Waals surface area contributed by atoms with E-state index in [0.29, 0.717) is 4.91 Å². The first kappa shape index (κ1) is 12.6. The molecule has 0 aromatic heterocycles. The summed E-state index contributed by atoms with van der Waals surface area (Å²) >= 11 is 7.01. The van der Waals surface area contributed by atoms with Crippen molar-refractivity contribution in [3.63, 3.8) is 0 Å². The zero-order valence-corrected chi connectivity index (χ0v) is 10.7. The number of allylic oxidation sites excluding steroid dienone is 2. The van der Waals surface area contributed by atoms with E-state index in [2.05, 4.69) is 6.07 Å². The number of carbonyl (C=O) groups is 1. The lowest BCUT2D eigenvalue weighted by Gasteiger charge is -1.98.